The van der Waals surface area contributed by atoms with Crippen LogP contribution in [0, 0.1) is 13.8 Å². The van der Waals surface area contributed by atoms with Crippen molar-refractivity contribution in [1.82, 2.24) is 9.88 Å². The minimum Gasteiger partial charge on any atom is -0.478 e. The van der Waals surface area contributed by atoms with Crippen LogP contribution in [0.1, 0.15) is 39.8 Å². The summed E-state index contributed by atoms with van der Waals surface area (Å²) in [7, 11) is 0. The molecule has 2 N–H and O–H groups in total. The fourth-order valence-electron chi connectivity index (χ4n) is 3.67. The fraction of sp³-hybridized carbons (Fsp3) is 0.160. The van der Waals surface area contributed by atoms with Gasteiger partial charge in [-0.15, -0.1) is 0 Å². The fourth-order valence-corrected chi connectivity index (χ4v) is 4.70. The lowest BCUT2D eigenvalue weighted by molar-refractivity contribution is -0.115. The van der Waals surface area contributed by atoms with E-state index in [1.807, 2.05) is 54.8 Å². The first-order chi connectivity index (χ1) is 15.8. The number of carboxylic acid groups (broad SMARTS) is 1. The zero-order chi connectivity index (χ0) is 23.7. The molecule has 0 radical (unpaired) electrons. The highest BCUT2D eigenvalue weighted by Gasteiger charge is 2.25. The third-order valence-corrected chi connectivity index (χ3v) is 6.65. The van der Waals surface area contributed by atoms with Crippen LogP contribution in [0.3, 0.4) is 0 Å². The highest BCUT2D eigenvalue weighted by molar-refractivity contribution is 8.18. The maximum Gasteiger partial charge on any atom is 0.335 e. The van der Waals surface area contributed by atoms with Crippen LogP contribution in [0.15, 0.2) is 58.4 Å². The lowest BCUT2D eigenvalue weighted by atomic mass is 10.2. The predicted molar refractivity (Wildman–Crippen MR) is 134 cm³/mol. The molecule has 1 saturated heterocycles. The van der Waals surface area contributed by atoms with Crippen molar-refractivity contribution < 1.29 is 14.7 Å². The lowest BCUT2D eigenvalue weighted by Gasteiger charge is -2.12. The van der Waals surface area contributed by atoms with Crippen molar-refractivity contribution in [1.29, 1.82) is 0 Å². The number of amides is 1. The first kappa shape index (κ1) is 22.9. The van der Waals surface area contributed by atoms with Crippen LogP contribution in [0.2, 0.25) is 5.02 Å². The number of carbonyl (C=O) groups is 2. The number of carbonyl (C=O) groups excluding carboxylic acids is 1. The second-order valence-corrected chi connectivity index (χ2v) is 9.07. The highest BCUT2D eigenvalue weighted by atomic mass is 35.5. The molecule has 0 bridgehead atoms. The molecule has 6 nitrogen and oxygen atoms in total. The summed E-state index contributed by atoms with van der Waals surface area (Å²) < 4.78 is 1.89. The molecule has 0 atom stereocenters. The molecule has 33 heavy (non-hydrogen) atoms. The molecule has 168 valence electrons. The van der Waals surface area contributed by atoms with Crippen molar-refractivity contribution >= 4 is 52.2 Å². The molecule has 1 fully saturated rings. The number of hydrogen-bond donors (Lipinski definition) is 2. The Morgan fingerprint density at radius 2 is 1.91 bits per heavy atom. The molecule has 4 rings (SSSR count). The number of carboxylic acids is 1. The molecular weight excluding hydrogens is 458 g/mol. The Hall–Kier alpha value is -3.29. The summed E-state index contributed by atoms with van der Waals surface area (Å²) >= 11 is 7.67. The average molecular weight is 480 g/mol. The van der Waals surface area contributed by atoms with Crippen molar-refractivity contribution in [3.05, 3.63) is 86.5 Å². The van der Waals surface area contributed by atoms with E-state index in [0.717, 1.165) is 29.1 Å². The van der Waals surface area contributed by atoms with Gasteiger partial charge in [0.15, 0.2) is 5.17 Å². The van der Waals surface area contributed by atoms with Gasteiger partial charge >= 0.3 is 5.97 Å². The van der Waals surface area contributed by atoms with E-state index in [0.29, 0.717) is 20.8 Å². The highest BCUT2D eigenvalue weighted by Crippen LogP contribution is 2.32. The quantitative estimate of drug-likeness (QED) is 0.446. The topological polar surface area (TPSA) is 83.7 Å². The first-order valence-electron chi connectivity index (χ1n) is 10.4. The van der Waals surface area contributed by atoms with Crippen molar-refractivity contribution in [2.75, 3.05) is 0 Å². The van der Waals surface area contributed by atoms with E-state index in [9.17, 15) is 14.7 Å². The third kappa shape index (κ3) is 4.74. The van der Waals surface area contributed by atoms with Crippen LogP contribution in [0.25, 0.3) is 11.8 Å². The molecule has 3 aromatic rings. The molecule has 1 aliphatic heterocycles. The van der Waals surface area contributed by atoms with Crippen LogP contribution < -0.4 is 5.32 Å². The number of rotatable bonds is 5. The molecular formula is C25H22ClN3O3S. The van der Waals surface area contributed by atoms with Gasteiger partial charge < -0.3 is 15.0 Å². The maximum atomic E-state index is 12.6. The van der Waals surface area contributed by atoms with Crippen LogP contribution in [-0.4, -0.2) is 26.7 Å². The molecule has 2 heterocycles. The molecule has 0 spiro atoms. The number of hydrogen-bond acceptors (Lipinski definition) is 4. The van der Waals surface area contributed by atoms with Crippen LogP contribution in [0.4, 0.5) is 5.69 Å². The number of benzene rings is 2. The normalized spacial score (nSPS) is 15.9. The molecule has 2 aromatic carbocycles. The molecule has 1 aromatic heterocycles. The summed E-state index contributed by atoms with van der Waals surface area (Å²) in [6.45, 7) is 5.91. The molecule has 8 heteroatoms. The van der Waals surface area contributed by atoms with Crippen molar-refractivity contribution in [3.8, 4) is 5.69 Å². The van der Waals surface area contributed by atoms with Crippen molar-refractivity contribution in [2.45, 2.75) is 27.2 Å². The SMILES string of the molecule is CCc1ccc(N=C2NC(=O)/C(=C/c3cc(C)n(-c4cc(C(=O)O)ccc4Cl)c3C)S2)cc1. The van der Waals surface area contributed by atoms with Gasteiger partial charge in [-0.25, -0.2) is 9.79 Å². The van der Waals surface area contributed by atoms with Gasteiger partial charge in [-0.1, -0.05) is 30.7 Å². The maximum absolute atomic E-state index is 12.6. The summed E-state index contributed by atoms with van der Waals surface area (Å²) in [6, 6.07) is 14.5. The summed E-state index contributed by atoms with van der Waals surface area (Å²) in [5.41, 5.74) is 5.30. The number of halogens is 1. The largest absolute Gasteiger partial charge is 0.478 e. The predicted octanol–water partition coefficient (Wildman–Crippen LogP) is 5.90. The minimum atomic E-state index is -1.02. The molecule has 1 aliphatic rings. The Kier molecular flexibility index (Phi) is 6.44. The van der Waals surface area contributed by atoms with E-state index in [2.05, 4.69) is 17.2 Å². The summed E-state index contributed by atoms with van der Waals surface area (Å²) in [5.74, 6) is -1.23. The third-order valence-electron chi connectivity index (χ3n) is 5.42. The monoisotopic (exact) mass is 479 g/mol. The van der Waals surface area contributed by atoms with Gasteiger partial charge in [0, 0.05) is 11.4 Å². The van der Waals surface area contributed by atoms with Gasteiger partial charge in [0.2, 0.25) is 0 Å². The number of aliphatic imine (C=N–C) groups is 1. The summed E-state index contributed by atoms with van der Waals surface area (Å²) in [5, 5.41) is 13.1. The Morgan fingerprint density at radius 3 is 2.58 bits per heavy atom. The zero-order valence-corrected chi connectivity index (χ0v) is 19.9. The number of nitrogens with zero attached hydrogens (tertiary/aromatic N) is 2. The average Bonchev–Trinajstić information content (AvgIpc) is 3.26. The number of aryl methyl sites for hydroxylation is 2. The second-order valence-electron chi connectivity index (χ2n) is 7.63. The van der Waals surface area contributed by atoms with E-state index < -0.39 is 5.97 Å². The zero-order valence-electron chi connectivity index (χ0n) is 18.3. The smallest absolute Gasteiger partial charge is 0.335 e. The molecule has 0 saturated carbocycles. The van der Waals surface area contributed by atoms with Crippen molar-refractivity contribution in [2.24, 2.45) is 4.99 Å². The van der Waals surface area contributed by atoms with Crippen molar-refractivity contribution in [3.63, 3.8) is 0 Å². The summed E-state index contributed by atoms with van der Waals surface area (Å²) in [6.07, 6.45) is 2.77. The van der Waals surface area contributed by atoms with Gasteiger partial charge in [0.25, 0.3) is 5.91 Å². The number of aromatic nitrogens is 1. The van der Waals surface area contributed by atoms with Gasteiger partial charge in [0.05, 0.1) is 26.9 Å². The van der Waals surface area contributed by atoms with E-state index in [1.54, 1.807) is 12.1 Å². The van der Waals surface area contributed by atoms with Gasteiger partial charge in [0.1, 0.15) is 0 Å². The van der Waals surface area contributed by atoms with Gasteiger partial charge in [-0.05, 0) is 85.6 Å². The van der Waals surface area contributed by atoms with Gasteiger partial charge in [-0.3, -0.25) is 4.79 Å². The number of aromatic carboxylic acids is 1. The van der Waals surface area contributed by atoms with Crippen LogP contribution in [-0.2, 0) is 11.2 Å². The van der Waals surface area contributed by atoms with Gasteiger partial charge in [-0.2, -0.15) is 0 Å². The lowest BCUT2D eigenvalue weighted by Crippen LogP contribution is -2.19. The van der Waals surface area contributed by atoms with E-state index in [4.69, 9.17) is 11.6 Å². The Labute approximate surface area is 201 Å². The van der Waals surface area contributed by atoms with E-state index >= 15 is 0 Å². The number of amidine groups is 1. The van der Waals surface area contributed by atoms with E-state index in [-0.39, 0.29) is 11.5 Å². The molecule has 1 amide bonds. The van der Waals surface area contributed by atoms with Crippen LogP contribution >= 0.6 is 23.4 Å². The Bertz CT molecular complexity index is 1320. The minimum absolute atomic E-state index is 0.153. The van der Waals surface area contributed by atoms with Crippen LogP contribution in [0.5, 0.6) is 0 Å². The Balaban J connectivity index is 1.65. The Morgan fingerprint density at radius 1 is 1.18 bits per heavy atom. The van der Waals surface area contributed by atoms with E-state index in [1.165, 1.54) is 23.4 Å². The second kappa shape index (κ2) is 9.29. The molecule has 0 aliphatic carbocycles. The standard InChI is InChI=1S/C25H22ClN3O3S/c1-4-16-5-8-19(9-6-16)27-25-28-23(30)22(33-25)13-18-11-14(2)29(15(18)3)21-12-17(24(31)32)7-10-20(21)26/h5-13H,4H2,1-3H3,(H,31,32)(H,27,28,30)/b22-13-. The molecule has 0 unspecified atom stereocenters. The number of nitrogens with one attached hydrogen (secondary N) is 1. The number of thioether (sulfide) groups is 1. The first-order valence-corrected chi connectivity index (χ1v) is 11.6. The summed E-state index contributed by atoms with van der Waals surface area (Å²) in [4.78, 5) is 29.0.